The van der Waals surface area contributed by atoms with Crippen molar-refractivity contribution in [2.45, 2.75) is 17.7 Å². The van der Waals surface area contributed by atoms with E-state index in [-0.39, 0.29) is 0 Å². The molecule has 1 fully saturated rings. The first-order chi connectivity index (χ1) is 13.9. The molecule has 0 saturated carbocycles. The Morgan fingerprint density at radius 2 is 1.82 bits per heavy atom. The van der Waals surface area contributed by atoms with Gasteiger partial charge >= 0.3 is 0 Å². The van der Waals surface area contributed by atoms with E-state index in [2.05, 4.69) is 76.8 Å². The third-order valence-corrected chi connectivity index (χ3v) is 6.55. The molecule has 3 aromatic carbocycles. The number of piperidine rings is 1. The molecule has 2 aliphatic heterocycles. The Balaban J connectivity index is 1.39. The van der Waals surface area contributed by atoms with Gasteiger partial charge in [0.1, 0.15) is 12.4 Å². The fourth-order valence-electron chi connectivity index (χ4n) is 4.19. The van der Waals surface area contributed by atoms with Crippen LogP contribution in [0.25, 0.3) is 16.3 Å². The highest BCUT2D eigenvalue weighted by Gasteiger charge is 2.23. The number of benzene rings is 3. The predicted octanol–water partition coefficient (Wildman–Crippen LogP) is 5.73. The van der Waals surface area contributed by atoms with Crippen molar-refractivity contribution < 1.29 is 4.74 Å². The van der Waals surface area contributed by atoms with Gasteiger partial charge in [-0.2, -0.15) is 0 Å². The molecular weight excluding hydrogens is 364 g/mol. The normalized spacial score (nSPS) is 16.9. The zero-order valence-corrected chi connectivity index (χ0v) is 16.6. The van der Waals surface area contributed by atoms with Crippen molar-refractivity contribution in [3.63, 3.8) is 0 Å². The van der Waals surface area contributed by atoms with E-state index in [4.69, 9.17) is 4.74 Å². The zero-order chi connectivity index (χ0) is 18.8. The van der Waals surface area contributed by atoms with E-state index < -0.39 is 0 Å². The molecule has 1 saturated heterocycles. The highest BCUT2D eigenvalue weighted by molar-refractivity contribution is 8.00. The maximum Gasteiger partial charge on any atom is 0.127 e. The molecule has 0 aromatic heterocycles. The van der Waals surface area contributed by atoms with Crippen LogP contribution in [0.4, 0.5) is 5.69 Å². The van der Waals surface area contributed by atoms with Gasteiger partial charge in [-0.25, -0.2) is 0 Å². The van der Waals surface area contributed by atoms with E-state index in [1.165, 1.54) is 39.6 Å². The Bertz CT molecular complexity index is 1020. The van der Waals surface area contributed by atoms with E-state index in [0.29, 0.717) is 12.5 Å². The molecule has 2 aliphatic rings. The Morgan fingerprint density at radius 1 is 0.964 bits per heavy atom. The maximum atomic E-state index is 5.89. The minimum absolute atomic E-state index is 0.630. The molecule has 4 heteroatoms. The largest absolute Gasteiger partial charge is 0.489 e. The van der Waals surface area contributed by atoms with Gasteiger partial charge in [-0.1, -0.05) is 36.4 Å². The highest BCUT2D eigenvalue weighted by Crippen LogP contribution is 2.40. The molecule has 2 N–H and O–H groups in total. The summed E-state index contributed by atoms with van der Waals surface area (Å²) in [6.07, 6.45) is 4.68. The van der Waals surface area contributed by atoms with Gasteiger partial charge in [-0.15, -0.1) is 0 Å². The first-order valence-corrected chi connectivity index (χ1v) is 10.8. The molecule has 0 unspecified atom stereocenters. The van der Waals surface area contributed by atoms with Crippen molar-refractivity contribution in [1.82, 2.24) is 5.32 Å². The van der Waals surface area contributed by atoms with Crippen molar-refractivity contribution in [3.05, 3.63) is 72.3 Å². The minimum atomic E-state index is 0.630. The second kappa shape index (κ2) is 7.90. The predicted molar refractivity (Wildman–Crippen MR) is 119 cm³/mol. The smallest absolute Gasteiger partial charge is 0.127 e. The fraction of sp³-hybridized carbons (Fsp3) is 0.250. The van der Waals surface area contributed by atoms with Gasteiger partial charge in [-0.05, 0) is 90.5 Å². The SMILES string of the molecule is C1=C(C2CCNCC2)c2cc(NSc3cccc4ccccc34)ccc2OC1. The lowest BCUT2D eigenvalue weighted by atomic mass is 9.84. The second-order valence-electron chi connectivity index (χ2n) is 7.39. The van der Waals surface area contributed by atoms with Crippen LogP contribution in [0.3, 0.4) is 0 Å². The Kier molecular flexibility index (Phi) is 4.98. The summed E-state index contributed by atoms with van der Waals surface area (Å²) in [5.41, 5.74) is 3.82. The molecule has 0 radical (unpaired) electrons. The van der Waals surface area contributed by atoms with Crippen LogP contribution in [-0.4, -0.2) is 19.7 Å². The number of ether oxygens (including phenoxy) is 1. The van der Waals surface area contributed by atoms with Crippen LogP contribution < -0.4 is 14.8 Å². The number of nitrogens with one attached hydrogen (secondary N) is 2. The summed E-state index contributed by atoms with van der Waals surface area (Å²) < 4.78 is 9.44. The first kappa shape index (κ1) is 17.7. The average Bonchev–Trinajstić information content (AvgIpc) is 2.77. The summed E-state index contributed by atoms with van der Waals surface area (Å²) in [5.74, 6) is 1.64. The summed E-state index contributed by atoms with van der Waals surface area (Å²) in [4.78, 5) is 1.24. The maximum absolute atomic E-state index is 5.89. The Morgan fingerprint density at radius 3 is 2.75 bits per heavy atom. The zero-order valence-electron chi connectivity index (χ0n) is 15.8. The molecule has 2 heterocycles. The Hall–Kier alpha value is -2.43. The van der Waals surface area contributed by atoms with Crippen LogP contribution in [0, 0.1) is 5.92 Å². The summed E-state index contributed by atoms with van der Waals surface area (Å²) in [6.45, 7) is 2.89. The van der Waals surface area contributed by atoms with Gasteiger partial charge in [0, 0.05) is 16.1 Å². The molecule has 28 heavy (non-hydrogen) atoms. The molecule has 3 aromatic rings. The number of rotatable bonds is 4. The third-order valence-electron chi connectivity index (χ3n) is 5.64. The van der Waals surface area contributed by atoms with Crippen molar-refractivity contribution in [3.8, 4) is 5.75 Å². The summed E-state index contributed by atoms with van der Waals surface area (Å²) in [6, 6.07) is 21.4. The van der Waals surface area contributed by atoms with Crippen LogP contribution >= 0.6 is 11.9 Å². The third kappa shape index (κ3) is 3.50. The van der Waals surface area contributed by atoms with Crippen molar-refractivity contribution in [2.75, 3.05) is 24.4 Å². The molecule has 0 atom stereocenters. The van der Waals surface area contributed by atoms with E-state index >= 15 is 0 Å². The second-order valence-corrected chi connectivity index (χ2v) is 8.24. The van der Waals surface area contributed by atoms with Crippen molar-refractivity contribution in [2.24, 2.45) is 5.92 Å². The van der Waals surface area contributed by atoms with Gasteiger partial charge < -0.3 is 14.8 Å². The number of fused-ring (bicyclic) bond motifs is 2. The van der Waals surface area contributed by atoms with Gasteiger partial charge in [-0.3, -0.25) is 0 Å². The lowest BCUT2D eigenvalue weighted by Gasteiger charge is -2.29. The lowest BCUT2D eigenvalue weighted by Crippen LogP contribution is -2.29. The number of hydrogen-bond donors (Lipinski definition) is 2. The average molecular weight is 389 g/mol. The van der Waals surface area contributed by atoms with Crippen LogP contribution in [-0.2, 0) is 0 Å². The topological polar surface area (TPSA) is 33.3 Å². The molecule has 5 rings (SSSR count). The van der Waals surface area contributed by atoms with Crippen LogP contribution in [0.15, 0.2) is 71.6 Å². The van der Waals surface area contributed by atoms with Crippen molar-refractivity contribution in [1.29, 1.82) is 0 Å². The monoisotopic (exact) mass is 388 g/mol. The van der Waals surface area contributed by atoms with Crippen LogP contribution in [0.2, 0.25) is 0 Å². The van der Waals surface area contributed by atoms with Gasteiger partial charge in [0.05, 0.1) is 0 Å². The van der Waals surface area contributed by atoms with E-state index in [1.807, 2.05) is 0 Å². The highest BCUT2D eigenvalue weighted by atomic mass is 32.2. The lowest BCUT2D eigenvalue weighted by molar-refractivity contribution is 0.351. The standard InChI is InChI=1S/C24H24N2OS/c1-2-6-21-17(4-1)5-3-7-24(21)28-26-19-8-9-23-22(16-19)20(12-15-27-23)18-10-13-25-14-11-18/h1-9,12,16,18,25-26H,10-11,13-15H2. The minimum Gasteiger partial charge on any atom is -0.489 e. The van der Waals surface area contributed by atoms with Gasteiger partial charge in [0.2, 0.25) is 0 Å². The summed E-state index contributed by atoms with van der Waals surface area (Å²) in [5, 5.41) is 6.01. The number of hydrogen-bond acceptors (Lipinski definition) is 4. The van der Waals surface area contributed by atoms with Crippen molar-refractivity contribution >= 4 is 34.0 Å². The summed E-state index contributed by atoms with van der Waals surface area (Å²) >= 11 is 1.67. The Labute approximate surface area is 170 Å². The number of anilines is 1. The quantitative estimate of drug-likeness (QED) is 0.559. The molecule has 0 bridgehead atoms. The molecule has 3 nitrogen and oxygen atoms in total. The van der Waals surface area contributed by atoms with E-state index in [0.717, 1.165) is 24.5 Å². The van der Waals surface area contributed by atoms with Crippen LogP contribution in [0.5, 0.6) is 5.75 Å². The van der Waals surface area contributed by atoms with Gasteiger partial charge in [0.15, 0.2) is 0 Å². The summed E-state index contributed by atoms with van der Waals surface area (Å²) in [7, 11) is 0. The van der Waals surface area contributed by atoms with E-state index in [1.54, 1.807) is 11.9 Å². The first-order valence-electron chi connectivity index (χ1n) is 9.97. The molecule has 142 valence electrons. The molecular formula is C24H24N2OS. The van der Waals surface area contributed by atoms with Crippen LogP contribution in [0.1, 0.15) is 18.4 Å². The molecule has 0 spiro atoms. The number of allylic oxidation sites excluding steroid dienone is 1. The fourth-order valence-corrected chi connectivity index (χ4v) is 4.99. The van der Waals surface area contributed by atoms with Gasteiger partial charge in [0.25, 0.3) is 0 Å². The molecule has 0 aliphatic carbocycles. The molecule has 0 amide bonds. The van der Waals surface area contributed by atoms with E-state index in [9.17, 15) is 0 Å².